The van der Waals surface area contributed by atoms with E-state index in [1.54, 1.807) is 0 Å². The Bertz CT molecular complexity index is 332. The lowest BCUT2D eigenvalue weighted by atomic mass is 9.60. The van der Waals surface area contributed by atoms with Crippen LogP contribution in [-0.2, 0) is 4.79 Å². The Morgan fingerprint density at radius 3 is 2.76 bits per heavy atom. The van der Waals surface area contributed by atoms with E-state index in [4.69, 9.17) is 0 Å². The molecule has 0 bridgehead atoms. The summed E-state index contributed by atoms with van der Waals surface area (Å²) in [5, 5.41) is 11.1. The van der Waals surface area contributed by atoms with Crippen LogP contribution in [0.25, 0.3) is 0 Å². The van der Waals surface area contributed by atoms with E-state index in [1.807, 2.05) is 6.92 Å². The first-order chi connectivity index (χ1) is 8.00. The van der Waals surface area contributed by atoms with Gasteiger partial charge in [-0.1, -0.05) is 31.9 Å². The Balaban J connectivity index is 2.22. The summed E-state index contributed by atoms with van der Waals surface area (Å²) in [6.45, 7) is 6.33. The summed E-state index contributed by atoms with van der Waals surface area (Å²) >= 11 is 0. The molecule has 0 N–H and O–H groups in total. The van der Waals surface area contributed by atoms with Gasteiger partial charge in [-0.2, -0.15) is 0 Å². The molecule has 0 unspecified atom stereocenters. The molecule has 17 heavy (non-hydrogen) atoms. The number of hydrogen-bond acceptors (Lipinski definition) is 2. The normalized spacial score (nSPS) is 39.1. The third-order valence-electron chi connectivity index (χ3n) is 5.04. The molecular weight excluding hydrogens is 212 g/mol. The fraction of sp³-hybridized carbons (Fsp3) is 0.800. The lowest BCUT2D eigenvalue weighted by Gasteiger charge is -2.46. The molecule has 2 nitrogen and oxygen atoms in total. The van der Waals surface area contributed by atoms with Crippen molar-refractivity contribution in [1.82, 2.24) is 0 Å². The summed E-state index contributed by atoms with van der Waals surface area (Å²) in [6, 6.07) is 0. The minimum absolute atomic E-state index is 0.288. The number of fused-ring (bicyclic) bond motifs is 1. The zero-order valence-corrected chi connectivity index (χ0v) is 11.1. The molecule has 96 valence electrons. The molecule has 2 rings (SSSR count). The van der Waals surface area contributed by atoms with Gasteiger partial charge in [0.05, 0.1) is 0 Å². The third-order valence-corrected chi connectivity index (χ3v) is 5.04. The van der Waals surface area contributed by atoms with Gasteiger partial charge in [0.1, 0.15) is 0 Å². The van der Waals surface area contributed by atoms with Crippen molar-refractivity contribution >= 4 is 5.97 Å². The van der Waals surface area contributed by atoms with Crippen LogP contribution in [0.5, 0.6) is 0 Å². The van der Waals surface area contributed by atoms with Gasteiger partial charge in [-0.05, 0) is 55.8 Å². The van der Waals surface area contributed by atoms with Gasteiger partial charge < -0.3 is 9.90 Å². The van der Waals surface area contributed by atoms with Crippen molar-refractivity contribution in [2.75, 3.05) is 0 Å². The van der Waals surface area contributed by atoms with E-state index in [1.165, 1.54) is 24.8 Å². The highest BCUT2D eigenvalue weighted by Crippen LogP contribution is 2.47. The van der Waals surface area contributed by atoms with Crippen LogP contribution < -0.4 is 5.11 Å². The number of carbonyl (C=O) groups excluding carboxylic acids is 1. The van der Waals surface area contributed by atoms with Crippen LogP contribution in [-0.4, -0.2) is 5.97 Å². The zero-order chi connectivity index (χ0) is 12.6. The van der Waals surface area contributed by atoms with Gasteiger partial charge in [-0.3, -0.25) is 0 Å². The molecule has 0 amide bonds. The van der Waals surface area contributed by atoms with E-state index in [-0.39, 0.29) is 11.8 Å². The number of carbonyl (C=O) groups is 1. The number of rotatable bonds is 2. The molecule has 2 heteroatoms. The van der Waals surface area contributed by atoms with Gasteiger partial charge in [-0.25, -0.2) is 0 Å². The first-order valence-electron chi connectivity index (χ1n) is 6.89. The molecule has 2 aliphatic carbocycles. The maximum atomic E-state index is 11.1. The predicted octanol–water partition coefficient (Wildman–Crippen LogP) is 2.39. The van der Waals surface area contributed by atoms with Crippen molar-refractivity contribution < 1.29 is 9.90 Å². The van der Waals surface area contributed by atoms with Crippen molar-refractivity contribution in [2.45, 2.75) is 46.5 Å². The van der Waals surface area contributed by atoms with Gasteiger partial charge in [0, 0.05) is 5.97 Å². The van der Waals surface area contributed by atoms with Crippen LogP contribution in [0.3, 0.4) is 0 Å². The Kier molecular flexibility index (Phi) is 3.60. The van der Waals surface area contributed by atoms with Crippen molar-refractivity contribution in [1.29, 1.82) is 0 Å². The Hall–Kier alpha value is -0.790. The van der Waals surface area contributed by atoms with Crippen molar-refractivity contribution in [3.8, 4) is 0 Å². The molecule has 5 atom stereocenters. The standard InChI is InChI=1S/C15H24O2/c1-9-4-6-12-10(2)5-7-13(14(12)8-9)11(3)15(16)17/h8,10-14H,4-7H2,1-3H3,(H,16,17)/p-1/t10-,11-,12+,13+,14+/m1/s1. The van der Waals surface area contributed by atoms with E-state index in [0.717, 1.165) is 12.3 Å². The van der Waals surface area contributed by atoms with Gasteiger partial charge in [0.25, 0.3) is 0 Å². The lowest BCUT2D eigenvalue weighted by Crippen LogP contribution is -2.43. The van der Waals surface area contributed by atoms with Crippen LogP contribution in [0.2, 0.25) is 0 Å². The van der Waals surface area contributed by atoms with Crippen molar-refractivity contribution in [2.24, 2.45) is 29.6 Å². The van der Waals surface area contributed by atoms with Crippen molar-refractivity contribution in [3.05, 3.63) is 11.6 Å². The quantitative estimate of drug-likeness (QED) is 0.689. The lowest BCUT2D eigenvalue weighted by molar-refractivity contribution is -0.313. The molecule has 0 heterocycles. The Morgan fingerprint density at radius 1 is 1.41 bits per heavy atom. The monoisotopic (exact) mass is 235 g/mol. The molecule has 0 aromatic rings. The van der Waals surface area contributed by atoms with Gasteiger partial charge >= 0.3 is 0 Å². The van der Waals surface area contributed by atoms with Crippen LogP contribution in [0.4, 0.5) is 0 Å². The van der Waals surface area contributed by atoms with Crippen LogP contribution in [0, 0.1) is 29.6 Å². The SMILES string of the molecule is CC1=C[C@H]2[C@@H](CC1)[C@H](C)CC[C@H]2[C@@H](C)C(=O)[O-]. The average Bonchev–Trinajstić information content (AvgIpc) is 2.28. The topological polar surface area (TPSA) is 40.1 Å². The van der Waals surface area contributed by atoms with E-state index >= 15 is 0 Å². The largest absolute Gasteiger partial charge is 0.550 e. The number of hydrogen-bond donors (Lipinski definition) is 0. The molecule has 2 aliphatic rings. The summed E-state index contributed by atoms with van der Waals surface area (Å²) in [6.07, 6.45) is 7.01. The van der Waals surface area contributed by atoms with Gasteiger partial charge in [-0.15, -0.1) is 0 Å². The van der Waals surface area contributed by atoms with E-state index in [9.17, 15) is 9.90 Å². The zero-order valence-electron chi connectivity index (χ0n) is 11.1. The Labute approximate surface area is 104 Å². The van der Waals surface area contributed by atoms with Crippen LogP contribution in [0.15, 0.2) is 11.6 Å². The second kappa shape index (κ2) is 4.83. The summed E-state index contributed by atoms with van der Waals surface area (Å²) in [4.78, 5) is 11.1. The van der Waals surface area contributed by atoms with E-state index < -0.39 is 5.97 Å². The van der Waals surface area contributed by atoms with Crippen molar-refractivity contribution in [3.63, 3.8) is 0 Å². The molecule has 0 spiro atoms. The smallest absolute Gasteiger partial charge is 0.0445 e. The third kappa shape index (κ3) is 2.41. The Morgan fingerprint density at radius 2 is 2.12 bits per heavy atom. The molecule has 0 aliphatic heterocycles. The van der Waals surface area contributed by atoms with Gasteiger partial charge in [0.2, 0.25) is 0 Å². The second-order valence-electron chi connectivity index (χ2n) is 6.12. The molecule has 1 saturated carbocycles. The maximum absolute atomic E-state index is 11.1. The van der Waals surface area contributed by atoms with Crippen LogP contribution in [0.1, 0.15) is 46.5 Å². The molecule has 0 aromatic heterocycles. The second-order valence-corrected chi connectivity index (χ2v) is 6.12. The molecule has 0 aromatic carbocycles. The van der Waals surface area contributed by atoms with E-state index in [2.05, 4.69) is 19.9 Å². The number of allylic oxidation sites excluding steroid dienone is 2. The minimum Gasteiger partial charge on any atom is -0.550 e. The maximum Gasteiger partial charge on any atom is 0.0445 e. The summed E-state index contributed by atoms with van der Waals surface area (Å²) in [7, 11) is 0. The average molecular weight is 235 g/mol. The molecular formula is C15H23O2-. The minimum atomic E-state index is -0.875. The molecule has 1 fully saturated rings. The molecule has 0 radical (unpaired) electrons. The number of carboxylic acid groups (broad SMARTS) is 1. The number of carboxylic acids is 1. The fourth-order valence-electron chi connectivity index (χ4n) is 3.85. The van der Waals surface area contributed by atoms with Gasteiger partial charge in [0.15, 0.2) is 0 Å². The summed E-state index contributed by atoms with van der Waals surface area (Å²) in [5.74, 6) is 1.02. The predicted molar refractivity (Wildman–Crippen MR) is 66.0 cm³/mol. The highest BCUT2D eigenvalue weighted by molar-refractivity contribution is 5.67. The molecule has 0 saturated heterocycles. The first kappa shape index (κ1) is 12.7. The van der Waals surface area contributed by atoms with E-state index in [0.29, 0.717) is 11.8 Å². The first-order valence-corrected chi connectivity index (χ1v) is 6.89. The summed E-state index contributed by atoms with van der Waals surface area (Å²) < 4.78 is 0. The number of aliphatic carboxylic acids is 1. The highest BCUT2D eigenvalue weighted by Gasteiger charge is 2.39. The highest BCUT2D eigenvalue weighted by atomic mass is 16.4. The fourth-order valence-corrected chi connectivity index (χ4v) is 3.85. The summed E-state index contributed by atoms with van der Waals surface area (Å²) in [5.41, 5.74) is 1.44. The van der Waals surface area contributed by atoms with Crippen LogP contribution >= 0.6 is 0 Å².